The molecule has 0 spiro atoms. The molecule has 2 rings (SSSR count). The lowest BCUT2D eigenvalue weighted by Crippen LogP contribution is -2.03. The maximum Gasteiger partial charge on any atom is 0.339 e. The second-order valence-corrected chi connectivity index (χ2v) is 4.88. The molecule has 3 nitrogen and oxygen atoms in total. The number of aromatic hydroxyl groups is 1. The summed E-state index contributed by atoms with van der Waals surface area (Å²) in [6.07, 6.45) is 0. The van der Waals surface area contributed by atoms with Gasteiger partial charge in [0.25, 0.3) is 0 Å². The summed E-state index contributed by atoms with van der Waals surface area (Å²) in [6.45, 7) is 2.11. The molecule has 16 heavy (non-hydrogen) atoms. The molecule has 1 aromatic heterocycles. The topological polar surface area (TPSA) is 46.5 Å². The van der Waals surface area contributed by atoms with Gasteiger partial charge in [-0.15, -0.1) is 11.3 Å². The van der Waals surface area contributed by atoms with Crippen LogP contribution in [0.4, 0.5) is 0 Å². The fraction of sp³-hybridized carbons (Fsp3) is 0.182. The maximum absolute atomic E-state index is 11.6. The monoisotopic (exact) mass is 300 g/mol. The summed E-state index contributed by atoms with van der Waals surface area (Å²) in [5.74, 6) is -0.187. The van der Waals surface area contributed by atoms with Gasteiger partial charge in [-0.2, -0.15) is 0 Å². The minimum atomic E-state index is -0.351. The highest BCUT2D eigenvalue weighted by molar-refractivity contribution is 9.10. The van der Waals surface area contributed by atoms with Gasteiger partial charge in [0.2, 0.25) is 0 Å². The summed E-state index contributed by atoms with van der Waals surface area (Å²) in [5.41, 5.74) is 0.504. The van der Waals surface area contributed by atoms with Crippen LogP contribution in [0, 0.1) is 0 Å². The van der Waals surface area contributed by atoms with Gasteiger partial charge in [0.1, 0.15) is 5.75 Å². The Balaban J connectivity index is 2.58. The number of benzene rings is 1. The molecule has 84 valence electrons. The smallest absolute Gasteiger partial charge is 0.339 e. The number of thiophene rings is 1. The van der Waals surface area contributed by atoms with E-state index in [-0.39, 0.29) is 11.7 Å². The van der Waals surface area contributed by atoms with E-state index < -0.39 is 0 Å². The first kappa shape index (κ1) is 11.4. The molecule has 0 saturated heterocycles. The van der Waals surface area contributed by atoms with Crippen LogP contribution in [-0.4, -0.2) is 17.7 Å². The van der Waals surface area contributed by atoms with Gasteiger partial charge in [0, 0.05) is 10.8 Å². The van der Waals surface area contributed by atoms with Crippen LogP contribution in [0.25, 0.3) is 10.1 Å². The van der Waals surface area contributed by atoms with Crippen molar-refractivity contribution in [2.24, 2.45) is 0 Å². The number of carbonyl (C=O) groups is 1. The van der Waals surface area contributed by atoms with Gasteiger partial charge in [-0.1, -0.05) is 6.07 Å². The Morgan fingerprint density at radius 3 is 3.00 bits per heavy atom. The molecule has 0 unspecified atom stereocenters. The molecule has 0 aliphatic rings. The number of carbonyl (C=O) groups excluding carboxylic acids is 1. The lowest BCUT2D eigenvalue weighted by atomic mass is 10.2. The Morgan fingerprint density at radius 1 is 1.56 bits per heavy atom. The maximum atomic E-state index is 11.6. The van der Waals surface area contributed by atoms with Gasteiger partial charge in [-0.25, -0.2) is 4.79 Å². The SMILES string of the molecule is CCOC(=O)c1csc2c(O)c(Br)ccc12. The quantitative estimate of drug-likeness (QED) is 0.863. The summed E-state index contributed by atoms with van der Waals surface area (Å²) >= 11 is 4.56. The molecule has 0 fully saturated rings. The van der Waals surface area contributed by atoms with Crippen molar-refractivity contribution in [3.05, 3.63) is 27.5 Å². The number of phenols is 1. The van der Waals surface area contributed by atoms with E-state index in [9.17, 15) is 9.90 Å². The second kappa shape index (κ2) is 4.43. The fourth-order valence-corrected chi connectivity index (χ4v) is 2.87. The Morgan fingerprint density at radius 2 is 2.31 bits per heavy atom. The van der Waals surface area contributed by atoms with Crippen LogP contribution in [0.3, 0.4) is 0 Å². The van der Waals surface area contributed by atoms with Crippen LogP contribution in [0.5, 0.6) is 5.75 Å². The highest BCUT2D eigenvalue weighted by Gasteiger charge is 2.16. The van der Waals surface area contributed by atoms with Crippen molar-refractivity contribution in [2.75, 3.05) is 6.61 Å². The molecule has 0 aliphatic carbocycles. The summed E-state index contributed by atoms with van der Waals surface area (Å²) < 4.78 is 6.25. The molecule has 0 aliphatic heterocycles. The van der Waals surface area contributed by atoms with Gasteiger partial charge in [-0.05, 0) is 28.9 Å². The third-order valence-corrected chi connectivity index (χ3v) is 3.80. The molecule has 1 aromatic carbocycles. The van der Waals surface area contributed by atoms with Crippen LogP contribution in [0.1, 0.15) is 17.3 Å². The molecular weight excluding hydrogens is 292 g/mol. The van der Waals surface area contributed by atoms with Crippen molar-refractivity contribution >= 4 is 43.3 Å². The van der Waals surface area contributed by atoms with E-state index in [2.05, 4.69) is 15.9 Å². The second-order valence-electron chi connectivity index (χ2n) is 3.14. The number of hydrogen-bond acceptors (Lipinski definition) is 4. The number of ether oxygens (including phenoxy) is 1. The van der Waals surface area contributed by atoms with Crippen LogP contribution in [0.15, 0.2) is 22.0 Å². The molecule has 0 radical (unpaired) electrons. The molecular formula is C11H9BrO3S. The number of esters is 1. The van der Waals surface area contributed by atoms with E-state index in [1.807, 2.05) is 0 Å². The summed E-state index contributed by atoms with van der Waals surface area (Å²) in [6, 6.07) is 3.51. The normalized spacial score (nSPS) is 10.6. The first-order valence-corrected chi connectivity index (χ1v) is 6.38. The number of rotatable bonds is 2. The average molecular weight is 301 g/mol. The average Bonchev–Trinajstić information content (AvgIpc) is 2.68. The van der Waals surface area contributed by atoms with E-state index in [0.717, 1.165) is 5.39 Å². The lowest BCUT2D eigenvalue weighted by molar-refractivity contribution is 0.0529. The highest BCUT2D eigenvalue weighted by atomic mass is 79.9. The molecule has 0 amide bonds. The van der Waals surface area contributed by atoms with Crippen molar-refractivity contribution < 1.29 is 14.6 Å². The third-order valence-electron chi connectivity index (χ3n) is 2.16. The van der Waals surface area contributed by atoms with Gasteiger partial charge in [-0.3, -0.25) is 0 Å². The van der Waals surface area contributed by atoms with Crippen LogP contribution >= 0.6 is 27.3 Å². The van der Waals surface area contributed by atoms with E-state index in [1.165, 1.54) is 11.3 Å². The zero-order valence-corrected chi connectivity index (χ0v) is 10.9. The van der Waals surface area contributed by atoms with Gasteiger partial charge in [0.15, 0.2) is 0 Å². The van der Waals surface area contributed by atoms with E-state index >= 15 is 0 Å². The Labute approximate surface area is 105 Å². The van der Waals surface area contributed by atoms with Crippen molar-refractivity contribution in [3.8, 4) is 5.75 Å². The molecule has 2 aromatic rings. The lowest BCUT2D eigenvalue weighted by Gasteiger charge is -2.01. The minimum Gasteiger partial charge on any atom is -0.505 e. The molecule has 1 N–H and O–H groups in total. The van der Waals surface area contributed by atoms with E-state index in [1.54, 1.807) is 24.4 Å². The van der Waals surface area contributed by atoms with E-state index in [0.29, 0.717) is 21.3 Å². The molecule has 0 bridgehead atoms. The zero-order chi connectivity index (χ0) is 11.7. The largest absolute Gasteiger partial charge is 0.505 e. The summed E-state index contributed by atoms with van der Waals surface area (Å²) in [7, 11) is 0. The van der Waals surface area contributed by atoms with Crippen molar-refractivity contribution in [3.63, 3.8) is 0 Å². The molecule has 1 heterocycles. The van der Waals surface area contributed by atoms with Gasteiger partial charge < -0.3 is 9.84 Å². The first-order valence-electron chi connectivity index (χ1n) is 4.71. The molecule has 5 heteroatoms. The predicted molar refractivity (Wildman–Crippen MR) is 67.1 cm³/mol. The Hall–Kier alpha value is -1.07. The third kappa shape index (κ3) is 1.81. The van der Waals surface area contributed by atoms with Crippen molar-refractivity contribution in [2.45, 2.75) is 6.92 Å². The Kier molecular flexibility index (Phi) is 3.16. The van der Waals surface area contributed by atoms with Gasteiger partial charge in [0.05, 0.1) is 21.3 Å². The van der Waals surface area contributed by atoms with Gasteiger partial charge >= 0.3 is 5.97 Å². The first-order chi connectivity index (χ1) is 7.65. The van der Waals surface area contributed by atoms with Crippen molar-refractivity contribution in [1.82, 2.24) is 0 Å². The van der Waals surface area contributed by atoms with Crippen LogP contribution in [-0.2, 0) is 4.74 Å². The zero-order valence-electron chi connectivity index (χ0n) is 8.49. The van der Waals surface area contributed by atoms with E-state index in [4.69, 9.17) is 4.74 Å². The number of phenolic OH excluding ortho intramolecular Hbond substituents is 1. The molecule has 0 saturated carbocycles. The molecule has 0 atom stereocenters. The predicted octanol–water partition coefficient (Wildman–Crippen LogP) is 3.55. The number of hydrogen-bond donors (Lipinski definition) is 1. The van der Waals surface area contributed by atoms with Crippen LogP contribution < -0.4 is 0 Å². The standard InChI is InChI=1S/C11H9BrO3S/c1-2-15-11(14)7-5-16-10-6(7)3-4-8(12)9(10)13/h3-5,13H,2H2,1H3. The Bertz CT molecular complexity index is 547. The summed E-state index contributed by atoms with van der Waals surface area (Å²) in [5, 5.41) is 12.2. The minimum absolute atomic E-state index is 0.165. The number of fused-ring (bicyclic) bond motifs is 1. The van der Waals surface area contributed by atoms with Crippen LogP contribution in [0.2, 0.25) is 0 Å². The fourth-order valence-electron chi connectivity index (χ4n) is 1.43. The summed E-state index contributed by atoms with van der Waals surface area (Å²) in [4.78, 5) is 11.6. The highest BCUT2D eigenvalue weighted by Crippen LogP contribution is 2.38. The van der Waals surface area contributed by atoms with Crippen molar-refractivity contribution in [1.29, 1.82) is 0 Å². The number of halogens is 1.